The summed E-state index contributed by atoms with van der Waals surface area (Å²) in [7, 11) is 2.96. The number of fused-ring (bicyclic) bond motifs is 1. The van der Waals surface area contributed by atoms with Gasteiger partial charge in [0.05, 0.1) is 27.4 Å². The van der Waals surface area contributed by atoms with Crippen LogP contribution in [-0.2, 0) is 11.2 Å². The van der Waals surface area contributed by atoms with E-state index in [1.165, 1.54) is 14.2 Å². The summed E-state index contributed by atoms with van der Waals surface area (Å²) in [6.07, 6.45) is -6.22. The van der Waals surface area contributed by atoms with Crippen molar-refractivity contribution < 1.29 is 49.2 Å². The van der Waals surface area contributed by atoms with Crippen molar-refractivity contribution in [3.05, 3.63) is 41.5 Å². The molecule has 2 aromatic carbocycles. The number of aromatic hydroxyl groups is 1. The molecule has 2 aromatic rings. The first-order chi connectivity index (χ1) is 15.9. The largest absolute Gasteiger partial charge is 0.504 e. The van der Waals surface area contributed by atoms with Crippen LogP contribution in [0.4, 0.5) is 0 Å². The van der Waals surface area contributed by atoms with Crippen LogP contribution >= 0.6 is 0 Å². The number of aliphatic hydroxyl groups excluding tert-OH is 4. The second kappa shape index (κ2) is 9.62. The van der Waals surface area contributed by atoms with E-state index in [1.807, 2.05) is 0 Å². The van der Waals surface area contributed by atoms with Crippen molar-refractivity contribution in [3.63, 3.8) is 0 Å². The molecular weight excluding hydrogens is 436 g/mol. The van der Waals surface area contributed by atoms with Gasteiger partial charge in [-0.15, -0.1) is 0 Å². The third kappa shape index (κ3) is 4.40. The van der Waals surface area contributed by atoms with Crippen molar-refractivity contribution in [3.8, 4) is 28.7 Å². The lowest BCUT2D eigenvalue weighted by Crippen LogP contribution is -2.60. The second-order valence-corrected chi connectivity index (χ2v) is 8.04. The summed E-state index contributed by atoms with van der Waals surface area (Å²) < 4.78 is 27.5. The van der Waals surface area contributed by atoms with E-state index in [4.69, 9.17) is 23.7 Å². The maximum atomic E-state index is 10.7. The van der Waals surface area contributed by atoms with E-state index < -0.39 is 37.3 Å². The number of aliphatic hydroxyl groups is 4. The van der Waals surface area contributed by atoms with E-state index in [0.717, 1.165) is 5.56 Å². The van der Waals surface area contributed by atoms with E-state index in [2.05, 4.69) is 0 Å². The topological polar surface area (TPSA) is 147 Å². The van der Waals surface area contributed by atoms with Crippen molar-refractivity contribution in [2.45, 2.75) is 43.0 Å². The van der Waals surface area contributed by atoms with Crippen LogP contribution in [0.3, 0.4) is 0 Å². The van der Waals surface area contributed by atoms with Crippen LogP contribution < -0.4 is 18.9 Å². The predicted molar refractivity (Wildman–Crippen MR) is 114 cm³/mol. The summed E-state index contributed by atoms with van der Waals surface area (Å²) >= 11 is 0. The minimum Gasteiger partial charge on any atom is -0.504 e. The highest BCUT2D eigenvalue weighted by molar-refractivity contribution is 5.57. The van der Waals surface area contributed by atoms with Gasteiger partial charge in [-0.2, -0.15) is 0 Å². The third-order valence-corrected chi connectivity index (χ3v) is 6.04. The maximum absolute atomic E-state index is 10.7. The Balaban J connectivity index is 1.50. The molecule has 0 saturated carbocycles. The van der Waals surface area contributed by atoms with Crippen molar-refractivity contribution >= 4 is 0 Å². The van der Waals surface area contributed by atoms with Crippen LogP contribution in [0, 0.1) is 0 Å². The average molecular weight is 464 g/mol. The molecule has 0 aliphatic carbocycles. The summed E-state index contributed by atoms with van der Waals surface area (Å²) in [4.78, 5) is 0. The van der Waals surface area contributed by atoms with Crippen LogP contribution in [0.1, 0.15) is 17.0 Å². The number of ether oxygens (including phenoxy) is 5. The molecule has 180 valence electrons. The zero-order valence-electron chi connectivity index (χ0n) is 18.2. The fourth-order valence-electron chi connectivity index (χ4n) is 4.18. The Bertz CT molecular complexity index is 978. The molecule has 2 aliphatic rings. The van der Waals surface area contributed by atoms with Crippen molar-refractivity contribution in [1.29, 1.82) is 0 Å². The lowest BCUT2D eigenvalue weighted by Gasteiger charge is -2.39. The van der Waals surface area contributed by atoms with Crippen LogP contribution in [-0.4, -0.2) is 83.7 Å². The van der Waals surface area contributed by atoms with Gasteiger partial charge in [-0.3, -0.25) is 0 Å². The van der Waals surface area contributed by atoms with Gasteiger partial charge in [0.2, 0.25) is 12.0 Å². The Labute approximate surface area is 190 Å². The van der Waals surface area contributed by atoms with Gasteiger partial charge >= 0.3 is 0 Å². The fourth-order valence-corrected chi connectivity index (χ4v) is 4.18. The van der Waals surface area contributed by atoms with E-state index >= 15 is 0 Å². The molecule has 1 fully saturated rings. The number of benzene rings is 2. The van der Waals surface area contributed by atoms with Gasteiger partial charge < -0.3 is 49.2 Å². The molecule has 0 unspecified atom stereocenters. The van der Waals surface area contributed by atoms with Gasteiger partial charge in [0, 0.05) is 17.5 Å². The summed E-state index contributed by atoms with van der Waals surface area (Å²) in [5.74, 6) is 1.50. The second-order valence-electron chi connectivity index (χ2n) is 8.04. The highest BCUT2D eigenvalue weighted by Gasteiger charge is 2.44. The zero-order chi connectivity index (χ0) is 23.7. The fraction of sp³-hybridized carbons (Fsp3) is 0.478. The number of hydrogen-bond acceptors (Lipinski definition) is 10. The van der Waals surface area contributed by atoms with E-state index in [-0.39, 0.29) is 17.4 Å². The Morgan fingerprint density at radius 2 is 1.79 bits per heavy atom. The molecular formula is C23H28O10. The molecule has 0 aromatic heterocycles. The minimum absolute atomic E-state index is 0.0106. The van der Waals surface area contributed by atoms with E-state index in [0.29, 0.717) is 35.8 Å². The number of rotatable bonds is 6. The van der Waals surface area contributed by atoms with Gasteiger partial charge in [-0.25, -0.2) is 0 Å². The Morgan fingerprint density at radius 1 is 1.00 bits per heavy atom. The van der Waals surface area contributed by atoms with Gasteiger partial charge in [-0.1, -0.05) is 12.1 Å². The van der Waals surface area contributed by atoms with Gasteiger partial charge in [-0.05, 0) is 24.1 Å². The predicted octanol–water partition coefficient (Wildman–Crippen LogP) is 0.307. The van der Waals surface area contributed by atoms with Gasteiger partial charge in [0.25, 0.3) is 0 Å². The zero-order valence-corrected chi connectivity index (χ0v) is 18.2. The third-order valence-electron chi connectivity index (χ3n) is 6.04. The summed E-state index contributed by atoms with van der Waals surface area (Å²) in [5.41, 5.74) is 1.57. The summed E-state index contributed by atoms with van der Waals surface area (Å²) in [5, 5.41) is 50.0. The van der Waals surface area contributed by atoms with Gasteiger partial charge in [0.15, 0.2) is 11.5 Å². The molecule has 0 radical (unpaired) electrons. The average Bonchev–Trinajstić information content (AvgIpc) is 2.83. The molecule has 1 saturated heterocycles. The van der Waals surface area contributed by atoms with E-state index in [1.54, 1.807) is 30.3 Å². The number of methoxy groups -OCH3 is 2. The first-order valence-electron chi connectivity index (χ1n) is 10.5. The smallest absolute Gasteiger partial charge is 0.229 e. The quantitative estimate of drug-likeness (QED) is 0.405. The van der Waals surface area contributed by atoms with Crippen LogP contribution in [0.2, 0.25) is 0 Å². The Hall–Kier alpha value is -2.76. The normalized spacial score (nSPS) is 29.0. The van der Waals surface area contributed by atoms with Crippen LogP contribution in [0.5, 0.6) is 28.7 Å². The number of hydrogen-bond donors (Lipinski definition) is 5. The molecule has 0 bridgehead atoms. The number of phenolic OH excluding ortho intramolecular Hbond substituents is 1. The first kappa shape index (κ1) is 23.4. The highest BCUT2D eigenvalue weighted by Crippen LogP contribution is 2.44. The molecule has 10 nitrogen and oxygen atoms in total. The Kier molecular flexibility index (Phi) is 6.82. The molecule has 0 spiro atoms. The first-order valence-corrected chi connectivity index (χ1v) is 10.5. The summed E-state index contributed by atoms with van der Waals surface area (Å²) in [6, 6.07) is 8.63. The summed E-state index contributed by atoms with van der Waals surface area (Å²) in [6.45, 7) is -0.234. The lowest BCUT2D eigenvalue weighted by atomic mass is 9.89. The molecule has 2 aliphatic heterocycles. The standard InChI is InChI=1S/C23H28O10/c1-29-15-6-5-14(18(25)22(15)30-2)12-7-11-3-4-13(8-16(11)31-10-12)32-23-21(28)20(27)19(26)17(9-24)33-23/h3-6,8,12,17,19-21,23-28H,7,9-10H2,1-2H3/t12-,17-,19-,20+,21-,23+/m1/s1. The minimum atomic E-state index is -1.52. The van der Waals surface area contributed by atoms with E-state index in [9.17, 15) is 25.5 Å². The van der Waals surface area contributed by atoms with Crippen LogP contribution in [0.15, 0.2) is 30.3 Å². The highest BCUT2D eigenvalue weighted by atomic mass is 16.7. The molecule has 2 heterocycles. The molecule has 0 amide bonds. The molecule has 6 atom stereocenters. The number of phenols is 1. The maximum Gasteiger partial charge on any atom is 0.229 e. The van der Waals surface area contributed by atoms with Crippen LogP contribution in [0.25, 0.3) is 0 Å². The Morgan fingerprint density at radius 3 is 2.48 bits per heavy atom. The van der Waals surface area contributed by atoms with Crippen molar-refractivity contribution in [2.24, 2.45) is 0 Å². The molecule has 5 N–H and O–H groups in total. The lowest BCUT2D eigenvalue weighted by molar-refractivity contribution is -0.277. The molecule has 10 heteroatoms. The monoisotopic (exact) mass is 464 g/mol. The van der Waals surface area contributed by atoms with Gasteiger partial charge in [0.1, 0.15) is 35.9 Å². The SMILES string of the molecule is COc1ccc([C@H]2COc3cc(O[C@H]4O[C@H](CO)[C@@H](O)[C@H](O)[C@H]4O)ccc3C2)c(O)c1OC. The van der Waals surface area contributed by atoms with Crippen molar-refractivity contribution in [2.75, 3.05) is 27.4 Å². The molecule has 4 rings (SSSR count). The van der Waals surface area contributed by atoms with Crippen molar-refractivity contribution in [1.82, 2.24) is 0 Å². The molecule has 33 heavy (non-hydrogen) atoms.